The molecule has 3 aliphatic heterocycles. The number of carbonyl (C=O) groups excluding carboxylic acids is 1. The maximum atomic E-state index is 16.1. The molecule has 1 aliphatic carbocycles. The number of rotatable bonds is 10. The lowest BCUT2D eigenvalue weighted by molar-refractivity contribution is -0.142. The number of amidine groups is 1. The minimum Gasteiger partial charge on any atom is -0.468 e. The van der Waals surface area contributed by atoms with Gasteiger partial charge < -0.3 is 35.1 Å². The molecule has 0 aromatic heterocycles. The van der Waals surface area contributed by atoms with Gasteiger partial charge in [0.2, 0.25) is 5.96 Å². The number of guanidine groups is 1. The average Bonchev–Trinajstić information content (AvgIpc) is 3.67. The Hall–Kier alpha value is -3.10. The van der Waals surface area contributed by atoms with Crippen LogP contribution in [0, 0.1) is 0 Å². The Kier molecular flexibility index (Phi) is 8.86. The predicted octanol–water partition coefficient (Wildman–Crippen LogP) is 1.45. The van der Waals surface area contributed by atoms with Crippen molar-refractivity contribution in [2.24, 2.45) is 20.7 Å². The molecule has 0 radical (unpaired) electrons. The molecule has 5 rings (SSSR count). The summed E-state index contributed by atoms with van der Waals surface area (Å²) in [6.07, 6.45) is 0.647. The van der Waals surface area contributed by atoms with E-state index < -0.39 is 62.7 Å². The van der Waals surface area contributed by atoms with Crippen LogP contribution in [0.15, 0.2) is 45.3 Å². The molecular weight excluding hydrogens is 572 g/mol. The molecular formula is C26H37FN7O7P. The number of aliphatic hydroxyl groups excluding tert-OH is 1. The molecule has 2 fully saturated rings. The topological polar surface area (TPSA) is 182 Å². The van der Waals surface area contributed by atoms with Gasteiger partial charge in [-0.3, -0.25) is 14.3 Å². The number of carbonyl (C=O) groups is 1. The Labute approximate surface area is 243 Å². The van der Waals surface area contributed by atoms with Gasteiger partial charge in [-0.15, -0.1) is 0 Å². The summed E-state index contributed by atoms with van der Waals surface area (Å²) >= 11 is 0. The third-order valence-corrected chi connectivity index (χ3v) is 9.35. The van der Waals surface area contributed by atoms with Gasteiger partial charge in [-0.1, -0.05) is 31.0 Å². The van der Waals surface area contributed by atoms with E-state index in [1.807, 2.05) is 0 Å². The highest BCUT2D eigenvalue weighted by molar-refractivity contribution is 7.52. The van der Waals surface area contributed by atoms with Crippen molar-refractivity contribution in [3.05, 3.63) is 30.3 Å². The highest BCUT2D eigenvalue weighted by Gasteiger charge is 2.59. The van der Waals surface area contributed by atoms with Crippen LogP contribution in [-0.2, 0) is 23.4 Å². The summed E-state index contributed by atoms with van der Waals surface area (Å²) in [4.78, 5) is 26.7. The van der Waals surface area contributed by atoms with E-state index in [2.05, 4.69) is 25.4 Å². The number of hydrogen-bond donors (Lipinski definition) is 4. The number of ether oxygens (including phenoxy) is 2. The third kappa shape index (κ3) is 6.30. The Morgan fingerprint density at radius 2 is 2.05 bits per heavy atom. The van der Waals surface area contributed by atoms with Gasteiger partial charge in [0, 0.05) is 6.04 Å². The summed E-state index contributed by atoms with van der Waals surface area (Å²) in [7, 11) is -3.07. The molecule has 230 valence electrons. The molecule has 3 heterocycles. The van der Waals surface area contributed by atoms with Crippen LogP contribution < -0.4 is 20.7 Å². The zero-order chi connectivity index (χ0) is 30.1. The van der Waals surface area contributed by atoms with E-state index >= 15 is 4.39 Å². The summed E-state index contributed by atoms with van der Waals surface area (Å²) < 4.78 is 51.7. The first-order chi connectivity index (χ1) is 20.0. The number of nitrogens with two attached hydrogens (primary N) is 1. The minimum absolute atomic E-state index is 0.0241. The van der Waals surface area contributed by atoms with Crippen molar-refractivity contribution >= 4 is 31.8 Å². The van der Waals surface area contributed by atoms with Crippen LogP contribution in [0.4, 0.5) is 4.39 Å². The number of fused-ring (bicyclic) bond motifs is 1. The summed E-state index contributed by atoms with van der Waals surface area (Å²) in [6.45, 7) is 2.08. The number of aliphatic hydroxyl groups is 1. The van der Waals surface area contributed by atoms with E-state index in [-0.39, 0.29) is 17.8 Å². The van der Waals surface area contributed by atoms with Gasteiger partial charge in [-0.2, -0.15) is 10.1 Å². The molecule has 4 aliphatic rings. The smallest absolute Gasteiger partial charge is 0.459 e. The summed E-state index contributed by atoms with van der Waals surface area (Å²) in [5.74, 6) is 0.0739. The number of nitrogens with zero attached hydrogens (tertiary/aromatic N) is 4. The number of para-hydroxylation sites is 1. The Morgan fingerprint density at radius 1 is 1.33 bits per heavy atom. The van der Waals surface area contributed by atoms with E-state index in [1.165, 1.54) is 32.2 Å². The second-order valence-electron chi connectivity index (χ2n) is 10.9. The van der Waals surface area contributed by atoms with Crippen LogP contribution >= 0.6 is 7.75 Å². The number of methoxy groups -OCH3 is 1. The van der Waals surface area contributed by atoms with Gasteiger partial charge in [-0.25, -0.2) is 13.9 Å². The minimum atomic E-state index is -4.25. The molecule has 14 nitrogen and oxygen atoms in total. The summed E-state index contributed by atoms with van der Waals surface area (Å²) in [5.41, 5.74) is 3.70. The number of halogens is 1. The number of hydrogen-bond acceptors (Lipinski definition) is 13. The van der Waals surface area contributed by atoms with Crippen molar-refractivity contribution in [3.63, 3.8) is 0 Å². The largest absolute Gasteiger partial charge is 0.468 e. The van der Waals surface area contributed by atoms with Gasteiger partial charge in [0.05, 0.1) is 20.1 Å². The summed E-state index contributed by atoms with van der Waals surface area (Å²) in [6, 6.07) is 6.80. The fourth-order valence-corrected chi connectivity index (χ4v) is 6.98. The molecule has 16 heteroatoms. The molecule has 1 saturated heterocycles. The first-order valence-electron chi connectivity index (χ1n) is 13.9. The van der Waals surface area contributed by atoms with Crippen molar-refractivity contribution in [2.45, 2.75) is 87.9 Å². The van der Waals surface area contributed by atoms with Gasteiger partial charge >= 0.3 is 13.7 Å². The monoisotopic (exact) mass is 609 g/mol. The maximum Gasteiger partial charge on any atom is 0.459 e. The number of aliphatic imine (C=N–C) groups is 3. The molecule has 5 N–H and O–H groups in total. The first kappa shape index (κ1) is 30.4. The third-order valence-electron chi connectivity index (χ3n) is 7.71. The predicted molar refractivity (Wildman–Crippen MR) is 152 cm³/mol. The molecule has 0 amide bonds. The van der Waals surface area contributed by atoms with E-state index in [9.17, 15) is 14.5 Å². The van der Waals surface area contributed by atoms with Crippen LogP contribution in [-0.4, -0.2) is 96.2 Å². The van der Waals surface area contributed by atoms with Gasteiger partial charge in [-0.05, 0) is 38.8 Å². The highest BCUT2D eigenvalue weighted by atomic mass is 31.2. The second-order valence-corrected chi connectivity index (χ2v) is 12.6. The molecule has 42 heavy (non-hydrogen) atoms. The lowest BCUT2D eigenvalue weighted by Crippen LogP contribution is -2.56. The Bertz CT molecular complexity index is 1280. The van der Waals surface area contributed by atoms with Crippen molar-refractivity contribution in [2.75, 3.05) is 13.7 Å². The number of alkyl halides is 1. The summed E-state index contributed by atoms with van der Waals surface area (Å²) in [5, 5.41) is 16.9. The van der Waals surface area contributed by atoms with E-state index in [4.69, 9.17) is 24.3 Å². The molecule has 1 aromatic rings. The molecule has 3 unspecified atom stereocenters. The maximum absolute atomic E-state index is 16.1. The molecule has 1 saturated carbocycles. The van der Waals surface area contributed by atoms with Crippen molar-refractivity contribution in [1.29, 1.82) is 0 Å². The van der Waals surface area contributed by atoms with Gasteiger partial charge in [0.15, 0.2) is 18.1 Å². The molecule has 1 aromatic carbocycles. The number of benzene rings is 1. The number of esters is 1. The van der Waals surface area contributed by atoms with Gasteiger partial charge in [0.1, 0.15) is 35.9 Å². The highest BCUT2D eigenvalue weighted by Crippen LogP contribution is 2.47. The zero-order valence-electron chi connectivity index (χ0n) is 23.6. The zero-order valence-corrected chi connectivity index (χ0v) is 24.5. The quantitative estimate of drug-likeness (QED) is 0.223. The lowest BCUT2D eigenvalue weighted by atomic mass is 9.97. The van der Waals surface area contributed by atoms with Crippen LogP contribution in [0.5, 0.6) is 5.75 Å². The van der Waals surface area contributed by atoms with Crippen molar-refractivity contribution in [3.8, 4) is 5.75 Å². The lowest BCUT2D eigenvalue weighted by Gasteiger charge is -2.36. The van der Waals surface area contributed by atoms with E-state index in [0.29, 0.717) is 5.84 Å². The Balaban J connectivity index is 1.29. The average molecular weight is 610 g/mol. The normalized spacial score (nSPS) is 33.0. The Morgan fingerprint density at radius 3 is 2.74 bits per heavy atom. The second kappa shape index (κ2) is 12.3. The standard InChI is InChI=1S/C26H37FN7O7P/c1-15(23(36)38-3)33-42(37,41-17-11-5-4-6-12-17)39-13-18-20(35)26(2,27)24(40-18)34-14-29-19-21(30-16-9-7-8-10-16)31-25(28)32-22(19)34/h4-6,11-12,14-16,18-20,22,24,35H,7-10,13H2,1-3H3,(H,33,37)(H3,28,30,31,32)/t15-,18-,19?,20-,22?,24-,26-,42?/m1/s1. The van der Waals surface area contributed by atoms with Crippen molar-refractivity contribution < 1.29 is 37.4 Å². The van der Waals surface area contributed by atoms with E-state index in [1.54, 1.807) is 30.3 Å². The molecule has 0 bridgehead atoms. The van der Waals surface area contributed by atoms with Crippen LogP contribution in [0.3, 0.4) is 0 Å². The number of nitrogens with one attached hydrogen (secondary N) is 2. The SMILES string of the molecule is COC(=O)[C@@H](C)NP(=O)(OC[C@H]1O[C@@H](N2C=NC3C(NC4CCCC4)=NC(N)=NC32)[C@](C)(F)[C@@H]1O)Oc1ccccc1. The van der Waals surface area contributed by atoms with Crippen LogP contribution in [0.1, 0.15) is 39.5 Å². The van der Waals surface area contributed by atoms with Crippen LogP contribution in [0.2, 0.25) is 0 Å². The molecule has 8 atom stereocenters. The van der Waals surface area contributed by atoms with E-state index in [0.717, 1.165) is 25.7 Å². The van der Waals surface area contributed by atoms with Crippen molar-refractivity contribution in [1.82, 2.24) is 15.3 Å². The molecule has 0 spiro atoms. The van der Waals surface area contributed by atoms with Gasteiger partial charge in [0.25, 0.3) is 0 Å². The van der Waals surface area contributed by atoms with Crippen LogP contribution in [0.25, 0.3) is 0 Å². The fraction of sp³-hybridized carbons (Fsp3) is 0.615. The first-order valence-corrected chi connectivity index (χ1v) is 15.4. The fourth-order valence-electron chi connectivity index (χ4n) is 5.48.